The Morgan fingerprint density at radius 3 is 2.72 bits per heavy atom. The largest absolute Gasteiger partial charge is 0.497 e. The molecular weight excluding hydrogens is 464 g/mol. The van der Waals surface area contributed by atoms with Gasteiger partial charge in [-0.1, -0.05) is 70.3 Å². The summed E-state index contributed by atoms with van der Waals surface area (Å²) in [5.74, 6) is 1.11. The van der Waals surface area contributed by atoms with Gasteiger partial charge in [0.25, 0.3) is 5.91 Å². The molecule has 0 fully saturated rings. The average Bonchev–Trinajstić information content (AvgIpc) is 3.47. The average molecular weight is 485 g/mol. The molecule has 4 aromatic rings. The number of anilines is 2. The number of aromatic nitrogens is 4. The topological polar surface area (TPSA) is 102 Å². The molecule has 0 aliphatic carbocycles. The van der Waals surface area contributed by atoms with Crippen LogP contribution in [0.4, 0.5) is 10.8 Å². The maximum absolute atomic E-state index is 12.3. The fourth-order valence-corrected chi connectivity index (χ4v) is 5.15. The van der Waals surface area contributed by atoms with Crippen LogP contribution in [-0.4, -0.2) is 33.4 Å². The van der Waals surface area contributed by atoms with Gasteiger partial charge in [-0.05, 0) is 24.6 Å². The molecule has 2 N–H and O–H groups in total. The Morgan fingerprint density at radius 2 is 1.91 bits per heavy atom. The SMILES string of the molecule is COc1cccc(Nc2nnc(SCc3nnc(C(=O)NCc4ccc(C)cc4)s3)s2)c1. The first kappa shape index (κ1) is 22.2. The Morgan fingerprint density at radius 1 is 1.06 bits per heavy atom. The van der Waals surface area contributed by atoms with E-state index in [2.05, 4.69) is 31.0 Å². The van der Waals surface area contributed by atoms with Crippen molar-refractivity contribution in [3.63, 3.8) is 0 Å². The summed E-state index contributed by atoms with van der Waals surface area (Å²) >= 11 is 4.23. The first-order valence-electron chi connectivity index (χ1n) is 9.62. The van der Waals surface area contributed by atoms with Crippen molar-refractivity contribution >= 4 is 51.2 Å². The third-order valence-corrected chi connectivity index (χ3v) is 7.37. The Kier molecular flexibility index (Phi) is 7.30. The van der Waals surface area contributed by atoms with Crippen LogP contribution in [0.3, 0.4) is 0 Å². The number of amides is 1. The highest BCUT2D eigenvalue weighted by molar-refractivity contribution is 8.00. The minimum absolute atomic E-state index is 0.222. The standard InChI is InChI=1S/C21H20N6O2S3/c1-13-6-8-14(9-7-13)11-22-18(28)19-25-24-17(31-19)12-30-21-27-26-20(32-21)23-15-4-3-5-16(10-15)29-2/h3-10H,11-12H2,1-2H3,(H,22,28)(H,23,26). The van der Waals surface area contributed by atoms with Gasteiger partial charge in [0.05, 0.1) is 12.9 Å². The van der Waals surface area contributed by atoms with E-state index in [0.29, 0.717) is 22.4 Å². The Balaban J connectivity index is 1.27. The number of aryl methyl sites for hydroxylation is 1. The molecule has 0 radical (unpaired) electrons. The molecule has 0 atom stereocenters. The van der Waals surface area contributed by atoms with Crippen molar-refractivity contribution in [2.75, 3.05) is 12.4 Å². The van der Waals surface area contributed by atoms with Crippen LogP contribution in [0.2, 0.25) is 0 Å². The molecule has 11 heteroatoms. The number of hydrogen-bond acceptors (Lipinski definition) is 10. The highest BCUT2D eigenvalue weighted by atomic mass is 32.2. The van der Waals surface area contributed by atoms with Crippen LogP contribution in [0.1, 0.15) is 25.9 Å². The number of carbonyl (C=O) groups excluding carboxylic acids is 1. The number of carbonyl (C=O) groups is 1. The minimum Gasteiger partial charge on any atom is -0.497 e. The number of hydrogen-bond donors (Lipinski definition) is 2. The summed E-state index contributed by atoms with van der Waals surface area (Å²) in [4.78, 5) is 12.3. The number of rotatable bonds is 9. The fraction of sp³-hybridized carbons (Fsp3) is 0.190. The molecule has 0 aliphatic heterocycles. The van der Waals surface area contributed by atoms with Gasteiger partial charge >= 0.3 is 0 Å². The molecule has 1 amide bonds. The Bertz CT molecular complexity index is 1190. The molecule has 4 rings (SSSR count). The number of benzene rings is 2. The maximum atomic E-state index is 12.3. The van der Waals surface area contributed by atoms with Gasteiger partial charge in [-0.25, -0.2) is 0 Å². The van der Waals surface area contributed by atoms with Gasteiger partial charge in [-0.15, -0.1) is 20.4 Å². The van der Waals surface area contributed by atoms with Crippen LogP contribution < -0.4 is 15.4 Å². The van der Waals surface area contributed by atoms with Crippen molar-refractivity contribution in [3.8, 4) is 5.75 Å². The van der Waals surface area contributed by atoms with Crippen LogP contribution in [0.15, 0.2) is 52.9 Å². The minimum atomic E-state index is -0.222. The van der Waals surface area contributed by atoms with Crippen LogP contribution >= 0.6 is 34.4 Å². The fourth-order valence-electron chi connectivity index (χ4n) is 2.63. The van der Waals surface area contributed by atoms with E-state index < -0.39 is 0 Å². The van der Waals surface area contributed by atoms with Crippen molar-refractivity contribution in [1.82, 2.24) is 25.7 Å². The lowest BCUT2D eigenvalue weighted by Crippen LogP contribution is -2.22. The van der Waals surface area contributed by atoms with Crippen molar-refractivity contribution in [3.05, 3.63) is 69.7 Å². The third kappa shape index (κ3) is 6.02. The van der Waals surface area contributed by atoms with Gasteiger partial charge in [-0.2, -0.15) is 0 Å². The molecule has 0 unspecified atom stereocenters. The predicted octanol–water partition coefficient (Wildman–Crippen LogP) is 4.67. The smallest absolute Gasteiger partial charge is 0.282 e. The van der Waals surface area contributed by atoms with Gasteiger partial charge in [-0.3, -0.25) is 4.79 Å². The third-order valence-electron chi connectivity index (χ3n) is 4.28. The molecule has 2 aromatic heterocycles. The number of ether oxygens (including phenoxy) is 1. The van der Waals surface area contributed by atoms with E-state index in [-0.39, 0.29) is 5.91 Å². The van der Waals surface area contributed by atoms with Gasteiger partial charge in [0.15, 0.2) is 4.34 Å². The lowest BCUT2D eigenvalue weighted by Gasteiger charge is -2.04. The van der Waals surface area contributed by atoms with E-state index in [1.54, 1.807) is 7.11 Å². The van der Waals surface area contributed by atoms with Crippen molar-refractivity contribution < 1.29 is 9.53 Å². The molecule has 2 heterocycles. The zero-order valence-corrected chi connectivity index (χ0v) is 19.8. The molecule has 0 saturated carbocycles. The van der Waals surface area contributed by atoms with Crippen LogP contribution in [0.5, 0.6) is 5.75 Å². The summed E-state index contributed by atoms with van der Waals surface area (Å²) in [5.41, 5.74) is 3.10. The molecule has 0 aliphatic rings. The highest BCUT2D eigenvalue weighted by Gasteiger charge is 2.14. The van der Waals surface area contributed by atoms with Gasteiger partial charge in [0.2, 0.25) is 10.1 Å². The van der Waals surface area contributed by atoms with E-state index in [1.807, 2.05) is 55.5 Å². The van der Waals surface area contributed by atoms with Gasteiger partial charge in [0.1, 0.15) is 10.8 Å². The second-order valence-electron chi connectivity index (χ2n) is 6.69. The molecule has 0 bridgehead atoms. The lowest BCUT2D eigenvalue weighted by atomic mass is 10.1. The quantitative estimate of drug-likeness (QED) is 0.330. The van der Waals surface area contributed by atoms with Crippen LogP contribution in [-0.2, 0) is 12.3 Å². The molecule has 0 spiro atoms. The zero-order chi connectivity index (χ0) is 22.3. The van der Waals surface area contributed by atoms with E-state index in [1.165, 1.54) is 40.0 Å². The number of nitrogens with zero attached hydrogens (tertiary/aromatic N) is 4. The van der Waals surface area contributed by atoms with Gasteiger partial charge < -0.3 is 15.4 Å². The second-order valence-corrected chi connectivity index (χ2v) is 9.95. The van der Waals surface area contributed by atoms with Crippen molar-refractivity contribution in [2.45, 2.75) is 23.6 Å². The predicted molar refractivity (Wildman–Crippen MR) is 128 cm³/mol. The number of thioether (sulfide) groups is 1. The normalized spacial score (nSPS) is 10.7. The Hall–Kier alpha value is -3.02. The van der Waals surface area contributed by atoms with Crippen molar-refractivity contribution in [1.29, 1.82) is 0 Å². The van der Waals surface area contributed by atoms with E-state index in [9.17, 15) is 4.79 Å². The number of nitrogens with one attached hydrogen (secondary N) is 2. The van der Waals surface area contributed by atoms with Gasteiger partial charge in [0, 0.05) is 18.3 Å². The van der Waals surface area contributed by atoms with E-state index in [4.69, 9.17) is 4.74 Å². The molecule has 0 saturated heterocycles. The monoisotopic (exact) mass is 484 g/mol. The maximum Gasteiger partial charge on any atom is 0.282 e. The summed E-state index contributed by atoms with van der Waals surface area (Å²) in [6, 6.07) is 15.6. The molecular formula is C21H20N6O2S3. The van der Waals surface area contributed by atoms with E-state index in [0.717, 1.165) is 26.3 Å². The summed E-state index contributed by atoms with van der Waals surface area (Å²) in [6.07, 6.45) is 0. The summed E-state index contributed by atoms with van der Waals surface area (Å²) in [5, 5.41) is 24.4. The van der Waals surface area contributed by atoms with Crippen molar-refractivity contribution in [2.24, 2.45) is 0 Å². The lowest BCUT2D eigenvalue weighted by molar-refractivity contribution is 0.0950. The molecule has 164 valence electrons. The second kappa shape index (κ2) is 10.5. The summed E-state index contributed by atoms with van der Waals surface area (Å²) < 4.78 is 6.03. The Labute approximate surface area is 197 Å². The van der Waals surface area contributed by atoms with E-state index >= 15 is 0 Å². The van der Waals surface area contributed by atoms with Crippen LogP contribution in [0.25, 0.3) is 0 Å². The highest BCUT2D eigenvalue weighted by Crippen LogP contribution is 2.31. The summed E-state index contributed by atoms with van der Waals surface area (Å²) in [7, 11) is 1.63. The van der Waals surface area contributed by atoms with Crippen LogP contribution in [0, 0.1) is 6.92 Å². The summed E-state index contributed by atoms with van der Waals surface area (Å²) in [6.45, 7) is 2.49. The molecule has 2 aromatic carbocycles. The zero-order valence-electron chi connectivity index (χ0n) is 17.4. The first-order chi connectivity index (χ1) is 15.6. The first-order valence-corrected chi connectivity index (χ1v) is 12.2. The molecule has 8 nitrogen and oxygen atoms in total. The number of methoxy groups -OCH3 is 1. The molecule has 32 heavy (non-hydrogen) atoms.